The Morgan fingerprint density at radius 2 is 0.951 bits per heavy atom. The molecule has 0 bridgehead atoms. The molecule has 0 aliphatic heterocycles. The number of hydrogen-bond donors (Lipinski definition) is 1. The number of benzene rings is 7. The molecule has 0 saturated heterocycles. The number of nitrogens with one attached hydrogen (secondary N) is 1. The molecule has 300 valence electrons. The van der Waals surface area contributed by atoms with Gasteiger partial charge in [0.25, 0.3) is 0 Å². The Morgan fingerprint density at radius 3 is 1.52 bits per heavy atom. The van der Waals surface area contributed by atoms with Crippen molar-refractivity contribution < 1.29 is 0 Å². The Kier molecular flexibility index (Phi) is 10.1. The Bertz CT molecular complexity index is 2980. The maximum atomic E-state index is 5.40. The molecule has 0 amide bonds. The Labute approximate surface area is 360 Å². The quantitative estimate of drug-likeness (QED) is 0.148. The fraction of sp³-hybridized carbons (Fsp3) is 0.179. The Morgan fingerprint density at radius 1 is 0.492 bits per heavy atom. The molecule has 1 heterocycles. The normalized spacial score (nSPS) is 12.4. The van der Waals surface area contributed by atoms with Gasteiger partial charge in [-0.3, -0.25) is 4.99 Å². The van der Waals surface area contributed by atoms with Crippen molar-refractivity contribution in [1.82, 2.24) is 20.3 Å². The molecular weight excluding hydrogens is 743 g/mol. The average molecular weight is 794 g/mol. The molecule has 1 aromatic heterocycles. The monoisotopic (exact) mass is 793 g/mol. The van der Waals surface area contributed by atoms with Crippen LogP contribution in [0.5, 0.6) is 0 Å². The van der Waals surface area contributed by atoms with Crippen molar-refractivity contribution in [3.63, 3.8) is 0 Å². The highest BCUT2D eigenvalue weighted by Gasteiger charge is 2.26. The number of rotatable bonds is 9. The summed E-state index contributed by atoms with van der Waals surface area (Å²) in [4.78, 5) is 21.1. The summed E-state index contributed by atoms with van der Waals surface area (Å²) in [6.45, 7) is 23.9. The number of aryl methyl sites for hydroxylation is 8. The summed E-state index contributed by atoms with van der Waals surface area (Å²) < 4.78 is 0. The zero-order valence-corrected chi connectivity index (χ0v) is 36.6. The van der Waals surface area contributed by atoms with E-state index in [0.29, 0.717) is 17.5 Å². The van der Waals surface area contributed by atoms with Gasteiger partial charge in [-0.15, -0.1) is 0 Å². The number of fused-ring (bicyclic) bond motifs is 3. The molecule has 9 rings (SSSR count). The molecule has 0 spiro atoms. The van der Waals surface area contributed by atoms with Gasteiger partial charge in [-0.05, 0) is 158 Å². The molecule has 8 aromatic rings. The summed E-state index contributed by atoms with van der Waals surface area (Å²) >= 11 is 0. The maximum Gasteiger partial charge on any atom is 0.164 e. The van der Waals surface area contributed by atoms with E-state index < -0.39 is 0 Å². The van der Waals surface area contributed by atoms with Gasteiger partial charge in [0.1, 0.15) is 6.17 Å². The Balaban J connectivity index is 1.14. The highest BCUT2D eigenvalue weighted by molar-refractivity contribution is 6.18. The number of aromatic nitrogens is 3. The predicted octanol–water partition coefficient (Wildman–Crippen LogP) is 13.9. The van der Waals surface area contributed by atoms with Crippen molar-refractivity contribution in [2.45, 2.75) is 68.5 Å². The van der Waals surface area contributed by atoms with Gasteiger partial charge in [0.05, 0.1) is 0 Å². The van der Waals surface area contributed by atoms with Gasteiger partial charge in [0, 0.05) is 39.2 Å². The van der Waals surface area contributed by atoms with E-state index in [1.54, 1.807) is 0 Å². The molecule has 1 aliphatic carbocycles. The van der Waals surface area contributed by atoms with Crippen LogP contribution in [0.25, 0.3) is 72.9 Å². The molecule has 7 aromatic carbocycles. The third-order valence-corrected chi connectivity index (χ3v) is 12.6. The second kappa shape index (κ2) is 15.6. The topological polar surface area (TPSA) is 63.1 Å². The van der Waals surface area contributed by atoms with E-state index in [2.05, 4.69) is 196 Å². The van der Waals surface area contributed by atoms with Crippen LogP contribution in [-0.4, -0.2) is 20.7 Å². The third-order valence-electron chi connectivity index (χ3n) is 12.6. The van der Waals surface area contributed by atoms with Crippen LogP contribution >= 0.6 is 0 Å². The standard InChI is InChI=1S/C56H51N5/c1-31-16-11-17-32(2)48(31)40(10)58-54(49-33(3)18-12-19-34(49)4)57-39(9)41-26-27-42-45-28-29-46(43-24-15-25-44(52(43)45)47(42)30-41)53-59-55(50-35(5)20-13-21-36(50)6)61-56(60-53)51-37(7)22-14-23-38(51)8/h11-30,54,57H,9H2,1-8,10H3. The van der Waals surface area contributed by atoms with E-state index in [-0.39, 0.29) is 6.17 Å². The van der Waals surface area contributed by atoms with Gasteiger partial charge < -0.3 is 5.32 Å². The van der Waals surface area contributed by atoms with Gasteiger partial charge >= 0.3 is 0 Å². The zero-order valence-electron chi connectivity index (χ0n) is 36.6. The molecule has 1 N–H and O–H groups in total. The number of hydrogen-bond acceptors (Lipinski definition) is 5. The van der Waals surface area contributed by atoms with Crippen LogP contribution < -0.4 is 5.32 Å². The van der Waals surface area contributed by atoms with Crippen LogP contribution in [0.1, 0.15) is 74.3 Å². The van der Waals surface area contributed by atoms with E-state index in [1.807, 2.05) is 0 Å². The first kappa shape index (κ1) is 39.5. The van der Waals surface area contributed by atoms with E-state index in [9.17, 15) is 0 Å². The van der Waals surface area contributed by atoms with Crippen molar-refractivity contribution in [3.05, 3.63) is 189 Å². The second-order valence-electron chi connectivity index (χ2n) is 16.8. The molecule has 1 unspecified atom stereocenters. The molecule has 0 fully saturated rings. The maximum absolute atomic E-state index is 5.40. The minimum absolute atomic E-state index is 0.328. The largest absolute Gasteiger partial charge is 0.360 e. The van der Waals surface area contributed by atoms with Crippen LogP contribution in [0.15, 0.2) is 133 Å². The number of aliphatic imine (C=N–C) groups is 1. The lowest BCUT2D eigenvalue weighted by Gasteiger charge is -2.24. The van der Waals surface area contributed by atoms with E-state index in [0.717, 1.165) is 61.3 Å². The molecule has 61 heavy (non-hydrogen) atoms. The van der Waals surface area contributed by atoms with Crippen LogP contribution in [0.3, 0.4) is 0 Å². The summed E-state index contributed by atoms with van der Waals surface area (Å²) in [7, 11) is 0. The van der Waals surface area contributed by atoms with Gasteiger partial charge in [-0.1, -0.05) is 116 Å². The first-order valence-electron chi connectivity index (χ1n) is 21.1. The van der Waals surface area contributed by atoms with Crippen LogP contribution in [0.4, 0.5) is 0 Å². The molecule has 0 radical (unpaired) electrons. The second-order valence-corrected chi connectivity index (χ2v) is 16.8. The highest BCUT2D eigenvalue weighted by atomic mass is 15.1. The minimum atomic E-state index is -0.328. The summed E-state index contributed by atoms with van der Waals surface area (Å²) in [5, 5.41) is 6.10. The molecule has 1 aliphatic rings. The van der Waals surface area contributed by atoms with Crippen molar-refractivity contribution in [2.24, 2.45) is 4.99 Å². The van der Waals surface area contributed by atoms with Crippen LogP contribution in [0.2, 0.25) is 0 Å². The van der Waals surface area contributed by atoms with Crippen molar-refractivity contribution in [1.29, 1.82) is 0 Å². The smallest absolute Gasteiger partial charge is 0.164 e. The van der Waals surface area contributed by atoms with Crippen molar-refractivity contribution >= 4 is 22.2 Å². The predicted molar refractivity (Wildman–Crippen MR) is 256 cm³/mol. The number of nitrogens with zero attached hydrogens (tertiary/aromatic N) is 4. The van der Waals surface area contributed by atoms with Gasteiger partial charge in [-0.25, -0.2) is 15.0 Å². The first-order valence-corrected chi connectivity index (χ1v) is 21.1. The summed E-state index contributed by atoms with van der Waals surface area (Å²) in [6.07, 6.45) is -0.328. The first-order chi connectivity index (χ1) is 29.4. The SMILES string of the molecule is C=C(NC(N=C(C)c1c(C)cccc1C)c1c(C)cccc1C)c1ccc2c(c1)-c1cccc3c(-c4nc(-c5c(C)cccc5C)nc(-c5c(C)cccc5C)n4)ccc-2c13. The zero-order chi connectivity index (χ0) is 42.7. The summed E-state index contributed by atoms with van der Waals surface area (Å²) in [5.74, 6) is 2.04. The van der Waals surface area contributed by atoms with E-state index >= 15 is 0 Å². The molecule has 5 nitrogen and oxygen atoms in total. The van der Waals surface area contributed by atoms with Crippen LogP contribution in [0, 0.1) is 55.4 Å². The van der Waals surface area contributed by atoms with Crippen LogP contribution in [-0.2, 0) is 0 Å². The highest BCUT2D eigenvalue weighted by Crippen LogP contribution is 2.50. The summed E-state index contributed by atoms with van der Waals surface area (Å²) in [6, 6.07) is 43.3. The van der Waals surface area contributed by atoms with Crippen molar-refractivity contribution in [2.75, 3.05) is 0 Å². The molecular formula is C56H51N5. The lowest BCUT2D eigenvalue weighted by Crippen LogP contribution is -2.21. The van der Waals surface area contributed by atoms with E-state index in [1.165, 1.54) is 61.0 Å². The molecule has 5 heteroatoms. The van der Waals surface area contributed by atoms with Gasteiger partial charge in [-0.2, -0.15) is 0 Å². The molecule has 0 saturated carbocycles. The third kappa shape index (κ3) is 6.94. The minimum Gasteiger partial charge on any atom is -0.360 e. The van der Waals surface area contributed by atoms with Crippen molar-refractivity contribution in [3.8, 4) is 56.4 Å². The molecule has 1 atom stereocenters. The Hall–Kier alpha value is -6.98. The van der Waals surface area contributed by atoms with E-state index in [4.69, 9.17) is 19.9 Å². The fourth-order valence-corrected chi connectivity index (χ4v) is 9.61. The fourth-order valence-electron chi connectivity index (χ4n) is 9.61. The lowest BCUT2D eigenvalue weighted by atomic mass is 9.97. The van der Waals surface area contributed by atoms with Gasteiger partial charge in [0.15, 0.2) is 17.5 Å². The summed E-state index contributed by atoms with van der Waals surface area (Å²) in [5.41, 5.74) is 22.4. The average Bonchev–Trinajstić information content (AvgIpc) is 3.54. The lowest BCUT2D eigenvalue weighted by molar-refractivity contribution is 0.661. The van der Waals surface area contributed by atoms with Gasteiger partial charge in [0.2, 0.25) is 0 Å².